The maximum absolute atomic E-state index is 13.2. The minimum absolute atomic E-state index is 0.101. The molecule has 1 N–H and O–H groups in total. The Labute approximate surface area is 179 Å². The van der Waals surface area contributed by atoms with Crippen molar-refractivity contribution in [3.8, 4) is 0 Å². The second-order valence-electron chi connectivity index (χ2n) is 11.6. The van der Waals surface area contributed by atoms with Gasteiger partial charge in [0.2, 0.25) is 0 Å². The summed E-state index contributed by atoms with van der Waals surface area (Å²) >= 11 is 0. The lowest BCUT2D eigenvalue weighted by atomic mass is 9.33. The van der Waals surface area contributed by atoms with Gasteiger partial charge in [0.15, 0.2) is 11.6 Å². The molecule has 0 aromatic rings. The number of aliphatic carboxylic acids is 1. The van der Waals surface area contributed by atoms with Gasteiger partial charge >= 0.3 is 5.97 Å². The Morgan fingerprint density at radius 1 is 1.07 bits per heavy atom. The van der Waals surface area contributed by atoms with Gasteiger partial charge in [-0.15, -0.1) is 0 Å². The maximum Gasteiger partial charge on any atom is 0.309 e. The van der Waals surface area contributed by atoms with E-state index in [9.17, 15) is 19.5 Å². The number of fused-ring (bicyclic) bond motifs is 1. The van der Waals surface area contributed by atoms with Crippen molar-refractivity contribution in [1.29, 1.82) is 0 Å². The van der Waals surface area contributed by atoms with E-state index in [2.05, 4.69) is 26.8 Å². The summed E-state index contributed by atoms with van der Waals surface area (Å²) in [5.41, 5.74) is 0.277. The molecule has 4 nitrogen and oxygen atoms in total. The molecule has 30 heavy (non-hydrogen) atoms. The summed E-state index contributed by atoms with van der Waals surface area (Å²) in [5.74, 6) is 0.00398. The van der Waals surface area contributed by atoms with Gasteiger partial charge in [0.1, 0.15) is 0 Å². The molecule has 0 saturated heterocycles. The van der Waals surface area contributed by atoms with E-state index in [4.69, 9.17) is 0 Å². The molecule has 0 aromatic carbocycles. The average Bonchev–Trinajstić information content (AvgIpc) is 2.69. The summed E-state index contributed by atoms with van der Waals surface area (Å²) in [5, 5.41) is 10.1. The molecule has 162 valence electrons. The number of allylic oxidation sites excluding steroid dienone is 4. The van der Waals surface area contributed by atoms with Gasteiger partial charge in [0, 0.05) is 17.3 Å². The Bertz CT molecular complexity index is 897. The number of carboxylic acids is 1. The van der Waals surface area contributed by atoms with Crippen LogP contribution in [0.1, 0.15) is 66.2 Å². The number of carbonyl (C=O) groups is 3. The molecule has 6 aliphatic carbocycles. The third kappa shape index (κ3) is 2.26. The number of hydrogen-bond donors (Lipinski definition) is 1. The van der Waals surface area contributed by atoms with Gasteiger partial charge < -0.3 is 5.11 Å². The van der Waals surface area contributed by atoms with E-state index >= 15 is 0 Å². The lowest BCUT2D eigenvalue weighted by Gasteiger charge is -2.69. The van der Waals surface area contributed by atoms with Crippen molar-refractivity contribution in [3.05, 3.63) is 23.8 Å². The fourth-order valence-electron chi connectivity index (χ4n) is 9.05. The fourth-order valence-corrected chi connectivity index (χ4v) is 9.05. The van der Waals surface area contributed by atoms with Crippen molar-refractivity contribution in [3.63, 3.8) is 0 Å². The highest BCUT2D eigenvalue weighted by atomic mass is 16.4. The first kappa shape index (κ1) is 20.2. The number of carboxylic acid groups (broad SMARTS) is 1. The number of hydrogen-bond acceptors (Lipinski definition) is 3. The van der Waals surface area contributed by atoms with Crippen molar-refractivity contribution in [2.75, 3.05) is 0 Å². The van der Waals surface area contributed by atoms with E-state index in [1.165, 1.54) is 17.7 Å². The summed E-state index contributed by atoms with van der Waals surface area (Å²) in [7, 11) is 0. The van der Waals surface area contributed by atoms with Crippen LogP contribution >= 0.6 is 0 Å². The third-order valence-corrected chi connectivity index (χ3v) is 10.2. The molecule has 8 atom stereocenters. The van der Waals surface area contributed by atoms with E-state index < -0.39 is 11.4 Å². The molecule has 0 radical (unpaired) electrons. The molecule has 1 spiro atoms. The van der Waals surface area contributed by atoms with Crippen LogP contribution in [-0.4, -0.2) is 22.6 Å². The molecular weight excluding hydrogens is 376 g/mol. The summed E-state index contributed by atoms with van der Waals surface area (Å²) in [6, 6.07) is 0. The maximum atomic E-state index is 13.2. The minimum atomic E-state index is -0.693. The van der Waals surface area contributed by atoms with Crippen molar-refractivity contribution in [2.45, 2.75) is 66.2 Å². The normalized spacial score (nSPS) is 49.4. The van der Waals surface area contributed by atoms with Gasteiger partial charge in [0.25, 0.3) is 0 Å². The van der Waals surface area contributed by atoms with Crippen LogP contribution in [0, 0.1) is 51.8 Å². The predicted octanol–water partition coefficient (Wildman–Crippen LogP) is 4.84. The standard InChI is InChI=1S/C26H34O4/c1-14(2)16-13-26-11-8-19-24(3,9-5-10-25(19,4)23(29)30)20(26)12-15(16)21-17(27)6-7-18(28)22(21)26/h6-7,13-15,19-22H,5,8-12H2,1-4H3,(H,29,30)/t15-,19-,20-,21-,22-,24-,25+,26-/m0/s1. The molecule has 2 bridgehead atoms. The van der Waals surface area contributed by atoms with Gasteiger partial charge in [-0.2, -0.15) is 0 Å². The molecule has 6 aliphatic rings. The molecule has 0 aromatic heterocycles. The molecule has 4 heteroatoms. The smallest absolute Gasteiger partial charge is 0.309 e. The molecule has 0 amide bonds. The SMILES string of the molecule is CC(C)C1=C[C@@]23CC[C@H]4[C@](C)(CCC[C@@]4(C)C(=O)O)[C@@H]2C[C@@H]1[C@H]1C(=O)C=CC(=O)[C@@H]13. The summed E-state index contributed by atoms with van der Waals surface area (Å²) in [6.45, 7) is 8.67. The second-order valence-corrected chi connectivity index (χ2v) is 11.6. The van der Waals surface area contributed by atoms with E-state index in [1.54, 1.807) is 0 Å². The summed E-state index contributed by atoms with van der Waals surface area (Å²) < 4.78 is 0. The van der Waals surface area contributed by atoms with Crippen LogP contribution in [0.25, 0.3) is 0 Å². The van der Waals surface area contributed by atoms with E-state index in [0.29, 0.717) is 5.92 Å². The zero-order valence-electron chi connectivity index (χ0n) is 18.6. The van der Waals surface area contributed by atoms with Crippen molar-refractivity contribution < 1.29 is 19.5 Å². The Kier molecular flexibility index (Phi) is 4.16. The average molecular weight is 411 g/mol. The first-order valence-electron chi connectivity index (χ1n) is 11.8. The lowest BCUT2D eigenvalue weighted by molar-refractivity contribution is -0.197. The molecule has 3 fully saturated rings. The number of ketones is 2. The lowest BCUT2D eigenvalue weighted by Crippen LogP contribution is -2.66. The van der Waals surface area contributed by atoms with Gasteiger partial charge in [0.05, 0.1) is 5.41 Å². The molecule has 0 heterocycles. The zero-order chi connectivity index (χ0) is 21.6. The molecule has 0 unspecified atom stereocenters. The Balaban J connectivity index is 1.68. The second kappa shape index (κ2) is 6.17. The van der Waals surface area contributed by atoms with Crippen LogP contribution in [0.15, 0.2) is 23.8 Å². The predicted molar refractivity (Wildman–Crippen MR) is 114 cm³/mol. The Morgan fingerprint density at radius 2 is 1.77 bits per heavy atom. The largest absolute Gasteiger partial charge is 0.481 e. The third-order valence-electron chi connectivity index (χ3n) is 10.2. The first-order valence-corrected chi connectivity index (χ1v) is 11.8. The topological polar surface area (TPSA) is 71.4 Å². The van der Waals surface area contributed by atoms with Gasteiger partial charge in [-0.1, -0.05) is 38.8 Å². The first-order chi connectivity index (χ1) is 14.1. The van der Waals surface area contributed by atoms with Crippen molar-refractivity contribution in [1.82, 2.24) is 0 Å². The molecular formula is C26H34O4. The molecule has 3 saturated carbocycles. The fraction of sp³-hybridized carbons (Fsp3) is 0.731. The van der Waals surface area contributed by atoms with Gasteiger partial charge in [-0.05, 0) is 80.3 Å². The van der Waals surface area contributed by atoms with Crippen LogP contribution in [0.3, 0.4) is 0 Å². The summed E-state index contributed by atoms with van der Waals surface area (Å²) in [6.07, 6.45) is 10.8. The highest BCUT2D eigenvalue weighted by Gasteiger charge is 2.70. The van der Waals surface area contributed by atoms with Crippen LogP contribution in [0.4, 0.5) is 0 Å². The van der Waals surface area contributed by atoms with E-state index in [0.717, 1.165) is 38.5 Å². The van der Waals surface area contributed by atoms with Gasteiger partial charge in [-0.25, -0.2) is 0 Å². The van der Waals surface area contributed by atoms with Crippen molar-refractivity contribution >= 4 is 17.5 Å². The van der Waals surface area contributed by atoms with Crippen molar-refractivity contribution in [2.24, 2.45) is 51.8 Å². The Hall–Kier alpha value is -1.71. The highest BCUT2D eigenvalue weighted by Crippen LogP contribution is 2.73. The van der Waals surface area contributed by atoms with Crippen LogP contribution in [0.2, 0.25) is 0 Å². The van der Waals surface area contributed by atoms with E-state index in [-0.39, 0.29) is 52.0 Å². The highest BCUT2D eigenvalue weighted by molar-refractivity contribution is 6.08. The zero-order valence-corrected chi connectivity index (χ0v) is 18.6. The molecule has 6 rings (SSSR count). The monoisotopic (exact) mass is 410 g/mol. The Morgan fingerprint density at radius 3 is 2.43 bits per heavy atom. The minimum Gasteiger partial charge on any atom is -0.481 e. The quantitative estimate of drug-likeness (QED) is 0.662. The molecule has 0 aliphatic heterocycles. The van der Waals surface area contributed by atoms with Crippen LogP contribution in [0.5, 0.6) is 0 Å². The van der Waals surface area contributed by atoms with Crippen LogP contribution in [-0.2, 0) is 14.4 Å². The van der Waals surface area contributed by atoms with Crippen LogP contribution < -0.4 is 0 Å². The van der Waals surface area contributed by atoms with E-state index in [1.807, 2.05) is 6.92 Å². The number of rotatable bonds is 2. The summed E-state index contributed by atoms with van der Waals surface area (Å²) in [4.78, 5) is 38.6. The number of carbonyl (C=O) groups excluding carboxylic acids is 2. The van der Waals surface area contributed by atoms with Gasteiger partial charge in [-0.3, -0.25) is 14.4 Å².